The van der Waals surface area contributed by atoms with Crippen LogP contribution in [0.25, 0.3) is 16.2 Å². The van der Waals surface area contributed by atoms with Crippen molar-refractivity contribution in [3.05, 3.63) is 51.7 Å². The van der Waals surface area contributed by atoms with Crippen molar-refractivity contribution in [1.29, 1.82) is 5.26 Å². The van der Waals surface area contributed by atoms with Crippen LogP contribution in [0.3, 0.4) is 0 Å². The molecule has 44 heavy (non-hydrogen) atoms. The van der Waals surface area contributed by atoms with E-state index in [1.54, 1.807) is 28.4 Å². The van der Waals surface area contributed by atoms with Gasteiger partial charge in [-0.05, 0) is 69.5 Å². The molecule has 0 bridgehead atoms. The monoisotopic (exact) mass is 639 g/mol. The highest BCUT2D eigenvalue weighted by molar-refractivity contribution is 7.17. The first-order valence-electron chi connectivity index (χ1n) is 15.0. The van der Waals surface area contributed by atoms with E-state index in [-0.39, 0.29) is 24.4 Å². The molecule has 1 amide bonds. The van der Waals surface area contributed by atoms with E-state index in [1.165, 1.54) is 28.3 Å². The van der Waals surface area contributed by atoms with E-state index in [1.807, 2.05) is 0 Å². The lowest BCUT2D eigenvalue weighted by Gasteiger charge is -2.40. The van der Waals surface area contributed by atoms with Crippen LogP contribution in [-0.4, -0.2) is 88.7 Å². The Labute approximate surface area is 263 Å². The molecule has 0 radical (unpaired) electrons. The first-order valence-corrected chi connectivity index (χ1v) is 16.7. The summed E-state index contributed by atoms with van der Waals surface area (Å²) in [5.41, 5.74) is 2.23. The van der Waals surface area contributed by atoms with Gasteiger partial charge >= 0.3 is 0 Å². The molecule has 2 fully saturated rings. The molecule has 4 aromatic rings. The average Bonchev–Trinajstić information content (AvgIpc) is 3.71. The molecule has 0 aliphatic carbocycles. The van der Waals surface area contributed by atoms with E-state index >= 15 is 0 Å². The van der Waals surface area contributed by atoms with Crippen molar-refractivity contribution >= 4 is 44.5 Å². The number of rotatable bonds is 11. The van der Waals surface area contributed by atoms with Crippen molar-refractivity contribution in [2.75, 3.05) is 57.4 Å². The maximum absolute atomic E-state index is 13.6. The predicted molar refractivity (Wildman–Crippen MR) is 168 cm³/mol. The number of nitriles is 1. The van der Waals surface area contributed by atoms with Crippen LogP contribution in [0.4, 0.5) is 19.7 Å². The second kappa shape index (κ2) is 13.3. The minimum atomic E-state index is -0.498. The van der Waals surface area contributed by atoms with E-state index in [9.17, 15) is 18.8 Å². The Balaban J connectivity index is 1.16. The van der Waals surface area contributed by atoms with Crippen LogP contribution in [0.1, 0.15) is 48.1 Å². The Hall–Kier alpha value is -3.44. The molecule has 5 heterocycles. The molecular weight excluding hydrogens is 605 g/mol. The fourth-order valence-electron chi connectivity index (χ4n) is 5.91. The Morgan fingerprint density at radius 2 is 1.91 bits per heavy atom. The van der Waals surface area contributed by atoms with Gasteiger partial charge in [-0.1, -0.05) is 18.3 Å². The molecule has 3 aromatic heterocycles. The number of nitrogens with zero attached hydrogens (tertiary/aromatic N) is 7. The summed E-state index contributed by atoms with van der Waals surface area (Å²) in [6, 6.07) is 8.34. The average molecular weight is 640 g/mol. The van der Waals surface area contributed by atoms with Gasteiger partial charge in [0, 0.05) is 36.3 Å². The number of anilines is 2. The third-order valence-corrected chi connectivity index (χ3v) is 10.5. The molecule has 232 valence electrons. The molecule has 0 unspecified atom stereocenters. The van der Waals surface area contributed by atoms with Gasteiger partial charge in [-0.2, -0.15) is 5.26 Å². The zero-order valence-electron chi connectivity index (χ0n) is 24.8. The van der Waals surface area contributed by atoms with Crippen LogP contribution in [0, 0.1) is 17.1 Å². The zero-order chi connectivity index (χ0) is 30.8. The number of imidazole rings is 1. The number of piperidine rings is 1. The van der Waals surface area contributed by atoms with Crippen LogP contribution < -0.4 is 4.90 Å². The summed E-state index contributed by atoms with van der Waals surface area (Å²) in [4.78, 5) is 31.4. The van der Waals surface area contributed by atoms with Gasteiger partial charge in [0.25, 0.3) is 0 Å². The van der Waals surface area contributed by atoms with Crippen LogP contribution >= 0.6 is 22.7 Å². The Bertz CT molecular complexity index is 1650. The summed E-state index contributed by atoms with van der Waals surface area (Å²) in [5, 5.41) is 10.6. The van der Waals surface area contributed by atoms with E-state index in [4.69, 9.17) is 14.7 Å². The molecule has 2 saturated heterocycles. The summed E-state index contributed by atoms with van der Waals surface area (Å²) >= 11 is 3.05. The van der Waals surface area contributed by atoms with Gasteiger partial charge in [0.1, 0.15) is 34.9 Å². The molecule has 0 saturated carbocycles. The highest BCUT2D eigenvalue weighted by atomic mass is 32.1. The van der Waals surface area contributed by atoms with Gasteiger partial charge in [-0.25, -0.2) is 18.7 Å². The van der Waals surface area contributed by atoms with Crippen LogP contribution in [0.2, 0.25) is 0 Å². The number of hydrogen-bond donors (Lipinski definition) is 0. The normalized spacial score (nSPS) is 16.4. The van der Waals surface area contributed by atoms with Crippen LogP contribution in [-0.2, 0) is 16.0 Å². The number of alkyl halides is 1. The number of carbonyl (C=O) groups is 1. The molecular formula is C31H35F2N7O2S2. The third kappa shape index (κ3) is 6.08. The van der Waals surface area contributed by atoms with Crippen molar-refractivity contribution in [2.24, 2.45) is 0 Å². The summed E-state index contributed by atoms with van der Waals surface area (Å²) in [5.74, 6) is 1.13. The lowest BCUT2D eigenvalue weighted by molar-refractivity contribution is -0.146. The van der Waals surface area contributed by atoms with E-state index < -0.39 is 6.67 Å². The molecule has 2 aliphatic heterocycles. The standard InChI is InChI=1S/C31H35F2N7O2S2/c1-3-24-29(39(4-2)31-36-28(25(15-34)43-31)21-5-7-22(33)8-6-21)40-18-26(44-30(40)35-24)20-9-12-37(13-10-20)19-27(41)38-16-23(17-38)42-14-11-32/h5-8,18,20,23H,3-4,9-14,16-17,19H2,1-2H3. The Kier molecular flexibility index (Phi) is 9.23. The number of thiazole rings is 2. The fraction of sp³-hybridized carbons (Fsp3) is 0.484. The zero-order valence-corrected chi connectivity index (χ0v) is 26.5. The van der Waals surface area contributed by atoms with Crippen molar-refractivity contribution in [3.8, 4) is 17.3 Å². The fourth-order valence-corrected chi connectivity index (χ4v) is 8.03. The summed E-state index contributed by atoms with van der Waals surface area (Å²) in [6.45, 7) is 7.59. The lowest BCUT2D eigenvalue weighted by atomic mass is 9.95. The van der Waals surface area contributed by atoms with Crippen molar-refractivity contribution < 1.29 is 18.3 Å². The smallest absolute Gasteiger partial charge is 0.236 e. The molecule has 1 aromatic carbocycles. The molecule has 13 heteroatoms. The molecule has 0 spiro atoms. The van der Waals surface area contributed by atoms with E-state index in [0.29, 0.717) is 53.4 Å². The van der Waals surface area contributed by atoms with Crippen molar-refractivity contribution in [2.45, 2.75) is 45.1 Å². The molecule has 6 rings (SSSR count). The minimum absolute atomic E-state index is 0.0409. The number of ether oxygens (including phenoxy) is 1. The van der Waals surface area contributed by atoms with Crippen LogP contribution in [0.15, 0.2) is 30.5 Å². The highest BCUT2D eigenvalue weighted by Crippen LogP contribution is 2.40. The largest absolute Gasteiger partial charge is 0.372 e. The predicted octanol–water partition coefficient (Wildman–Crippen LogP) is 5.63. The van der Waals surface area contributed by atoms with Crippen molar-refractivity contribution in [3.63, 3.8) is 0 Å². The molecule has 2 aliphatic rings. The van der Waals surface area contributed by atoms with Gasteiger partial charge in [-0.3, -0.25) is 14.1 Å². The second-order valence-electron chi connectivity index (χ2n) is 11.1. The number of aryl methyl sites for hydroxylation is 1. The number of benzene rings is 1. The maximum atomic E-state index is 13.6. The van der Waals surface area contributed by atoms with E-state index in [2.05, 4.69) is 40.3 Å². The summed E-state index contributed by atoms with van der Waals surface area (Å²) in [6.07, 6.45) is 4.84. The highest BCUT2D eigenvalue weighted by Gasteiger charge is 2.33. The Morgan fingerprint density at radius 1 is 1.16 bits per heavy atom. The summed E-state index contributed by atoms with van der Waals surface area (Å²) in [7, 11) is 0. The van der Waals surface area contributed by atoms with E-state index in [0.717, 1.165) is 48.8 Å². The number of aromatic nitrogens is 3. The number of likely N-dealkylation sites (tertiary alicyclic amines) is 2. The number of carbonyl (C=O) groups excluding carboxylic acids is 1. The van der Waals surface area contributed by atoms with Gasteiger partial charge in [-0.15, -0.1) is 11.3 Å². The maximum Gasteiger partial charge on any atom is 0.236 e. The van der Waals surface area contributed by atoms with Gasteiger partial charge < -0.3 is 14.5 Å². The lowest BCUT2D eigenvalue weighted by Crippen LogP contribution is -2.57. The molecule has 0 N–H and O–H groups in total. The number of hydrogen-bond acceptors (Lipinski definition) is 9. The summed E-state index contributed by atoms with van der Waals surface area (Å²) < 4.78 is 33.4. The quantitative estimate of drug-likeness (QED) is 0.210. The first kappa shape index (κ1) is 30.6. The molecule has 9 nitrogen and oxygen atoms in total. The minimum Gasteiger partial charge on any atom is -0.372 e. The van der Waals surface area contributed by atoms with Crippen molar-refractivity contribution in [1.82, 2.24) is 24.2 Å². The number of amides is 1. The topological polar surface area (TPSA) is 90.0 Å². The van der Waals surface area contributed by atoms with Gasteiger partial charge in [0.05, 0.1) is 24.9 Å². The first-order chi connectivity index (χ1) is 21.4. The Morgan fingerprint density at radius 3 is 2.57 bits per heavy atom. The van der Waals surface area contributed by atoms with Gasteiger partial charge in [0.2, 0.25) is 5.91 Å². The third-order valence-electron chi connectivity index (χ3n) is 8.34. The SMILES string of the molecule is CCc1nc2sc(C3CCN(CC(=O)N4CC(OCCF)C4)CC3)cn2c1N(CC)c1nc(-c2ccc(F)cc2)c(C#N)s1. The number of fused-ring (bicyclic) bond motifs is 1. The number of halogens is 2. The van der Waals surface area contributed by atoms with Gasteiger partial charge in [0.15, 0.2) is 10.1 Å². The van der Waals surface area contributed by atoms with Crippen LogP contribution in [0.5, 0.6) is 0 Å². The second-order valence-corrected chi connectivity index (χ2v) is 13.1. The molecule has 0 atom stereocenters.